The van der Waals surface area contributed by atoms with Crippen LogP contribution >= 0.6 is 15.9 Å². The lowest BCUT2D eigenvalue weighted by Gasteiger charge is -2.18. The summed E-state index contributed by atoms with van der Waals surface area (Å²) in [5, 5.41) is 0.650. The van der Waals surface area contributed by atoms with E-state index in [0.29, 0.717) is 5.33 Å². The fourth-order valence-corrected chi connectivity index (χ4v) is 0.635. The van der Waals surface area contributed by atoms with E-state index in [1.54, 1.807) is 0 Å². The van der Waals surface area contributed by atoms with Crippen molar-refractivity contribution >= 4 is 15.9 Å². The Kier molecular flexibility index (Phi) is 5.16. The van der Waals surface area contributed by atoms with E-state index in [9.17, 15) is 13.2 Å². The van der Waals surface area contributed by atoms with E-state index in [2.05, 4.69) is 20.7 Å². The first kappa shape index (κ1) is 12.2. The highest BCUT2D eigenvalue weighted by molar-refractivity contribution is 9.09. The summed E-state index contributed by atoms with van der Waals surface area (Å²) in [4.78, 5) is 0. The summed E-state index contributed by atoms with van der Waals surface area (Å²) in [6.07, 6.45) is -5.91. The second kappa shape index (κ2) is 5.07. The van der Waals surface area contributed by atoms with Crippen molar-refractivity contribution in [2.45, 2.75) is 26.1 Å². The SMILES string of the molecule is CC(CBr)COC(C)C(F)(F)F. The van der Waals surface area contributed by atoms with E-state index >= 15 is 0 Å². The highest BCUT2D eigenvalue weighted by atomic mass is 79.9. The fourth-order valence-electron chi connectivity index (χ4n) is 0.448. The molecule has 0 heterocycles. The Labute approximate surface area is 78.4 Å². The van der Waals surface area contributed by atoms with Gasteiger partial charge in [0.25, 0.3) is 0 Å². The van der Waals surface area contributed by atoms with Gasteiger partial charge in [-0.25, -0.2) is 0 Å². The van der Waals surface area contributed by atoms with E-state index in [0.717, 1.165) is 6.92 Å². The van der Waals surface area contributed by atoms with Crippen LogP contribution in [-0.4, -0.2) is 24.2 Å². The smallest absolute Gasteiger partial charge is 0.369 e. The molecule has 0 aliphatic carbocycles. The number of halogens is 4. The number of alkyl halides is 4. The second-order valence-corrected chi connectivity index (χ2v) is 3.42. The topological polar surface area (TPSA) is 9.23 Å². The summed E-state index contributed by atoms with van der Waals surface area (Å²) in [7, 11) is 0. The highest BCUT2D eigenvalue weighted by Crippen LogP contribution is 2.22. The zero-order valence-corrected chi connectivity index (χ0v) is 8.58. The minimum Gasteiger partial charge on any atom is -0.369 e. The minimum atomic E-state index is -4.24. The molecule has 0 saturated heterocycles. The van der Waals surface area contributed by atoms with Crippen molar-refractivity contribution in [1.29, 1.82) is 0 Å². The van der Waals surface area contributed by atoms with Gasteiger partial charge in [0.1, 0.15) is 0 Å². The molecular weight excluding hydrogens is 237 g/mol. The van der Waals surface area contributed by atoms with Crippen LogP contribution in [0, 0.1) is 5.92 Å². The lowest BCUT2D eigenvalue weighted by molar-refractivity contribution is -0.216. The monoisotopic (exact) mass is 248 g/mol. The van der Waals surface area contributed by atoms with Gasteiger partial charge in [0.15, 0.2) is 6.10 Å². The molecular formula is C7H12BrF3O. The summed E-state index contributed by atoms with van der Waals surface area (Å²) in [6, 6.07) is 0. The van der Waals surface area contributed by atoms with Crippen molar-refractivity contribution in [2.24, 2.45) is 5.92 Å². The molecule has 0 bridgehead atoms. The Hall–Kier alpha value is 0.230. The van der Waals surface area contributed by atoms with Crippen LogP contribution in [0.15, 0.2) is 0 Å². The van der Waals surface area contributed by atoms with Crippen LogP contribution in [0.1, 0.15) is 13.8 Å². The second-order valence-electron chi connectivity index (χ2n) is 2.78. The number of rotatable bonds is 4. The molecule has 5 heteroatoms. The minimum absolute atomic E-state index is 0.106. The Morgan fingerprint density at radius 2 is 1.83 bits per heavy atom. The summed E-state index contributed by atoms with van der Waals surface area (Å²) in [6.45, 7) is 2.96. The first-order chi connectivity index (χ1) is 5.38. The third-order valence-corrected chi connectivity index (χ3v) is 2.46. The molecule has 0 spiro atoms. The molecule has 0 fully saturated rings. The highest BCUT2D eigenvalue weighted by Gasteiger charge is 2.36. The first-order valence-corrected chi connectivity index (χ1v) is 4.74. The van der Waals surface area contributed by atoms with E-state index in [4.69, 9.17) is 0 Å². The van der Waals surface area contributed by atoms with Crippen LogP contribution in [0.5, 0.6) is 0 Å². The average Bonchev–Trinajstić information content (AvgIpc) is 1.97. The summed E-state index contributed by atoms with van der Waals surface area (Å²) in [5.41, 5.74) is 0. The summed E-state index contributed by atoms with van der Waals surface area (Å²) < 4.78 is 40.2. The maximum Gasteiger partial charge on any atom is 0.414 e. The molecule has 0 aliphatic rings. The van der Waals surface area contributed by atoms with Gasteiger partial charge in [-0.3, -0.25) is 0 Å². The largest absolute Gasteiger partial charge is 0.414 e. The van der Waals surface area contributed by atoms with Crippen molar-refractivity contribution in [1.82, 2.24) is 0 Å². The predicted octanol–water partition coefficient (Wildman–Crippen LogP) is 2.98. The Bertz CT molecular complexity index is 126. The van der Waals surface area contributed by atoms with Crippen molar-refractivity contribution in [3.05, 3.63) is 0 Å². The molecule has 12 heavy (non-hydrogen) atoms. The van der Waals surface area contributed by atoms with Crippen LogP contribution < -0.4 is 0 Å². The zero-order chi connectivity index (χ0) is 9.78. The molecule has 74 valence electrons. The third kappa shape index (κ3) is 4.98. The predicted molar refractivity (Wildman–Crippen MR) is 44.4 cm³/mol. The molecule has 0 aromatic carbocycles. The molecule has 0 saturated carbocycles. The Balaban J connectivity index is 3.64. The standard InChI is InChI=1S/C7H12BrF3O/c1-5(3-8)4-12-6(2)7(9,10)11/h5-6H,3-4H2,1-2H3. The lowest BCUT2D eigenvalue weighted by atomic mass is 10.2. The molecule has 1 nitrogen and oxygen atoms in total. The van der Waals surface area contributed by atoms with Crippen LogP contribution in [-0.2, 0) is 4.74 Å². The fraction of sp³-hybridized carbons (Fsp3) is 1.00. The van der Waals surface area contributed by atoms with Gasteiger partial charge in [-0.05, 0) is 12.8 Å². The Morgan fingerprint density at radius 1 is 1.33 bits per heavy atom. The molecule has 2 atom stereocenters. The quantitative estimate of drug-likeness (QED) is 0.696. The van der Waals surface area contributed by atoms with Gasteiger partial charge < -0.3 is 4.74 Å². The molecule has 0 rings (SSSR count). The van der Waals surface area contributed by atoms with Crippen molar-refractivity contribution in [3.8, 4) is 0 Å². The molecule has 2 unspecified atom stereocenters. The molecule has 0 radical (unpaired) electrons. The van der Waals surface area contributed by atoms with E-state index < -0.39 is 12.3 Å². The van der Waals surface area contributed by atoms with Crippen LogP contribution in [0.25, 0.3) is 0 Å². The number of hydrogen-bond acceptors (Lipinski definition) is 1. The Morgan fingerprint density at radius 3 is 2.17 bits per heavy atom. The lowest BCUT2D eigenvalue weighted by Crippen LogP contribution is -2.30. The average molecular weight is 249 g/mol. The molecule has 0 aliphatic heterocycles. The van der Waals surface area contributed by atoms with Crippen molar-refractivity contribution in [2.75, 3.05) is 11.9 Å². The summed E-state index contributed by atoms with van der Waals surface area (Å²) >= 11 is 3.15. The normalized spacial score (nSPS) is 17.5. The number of ether oxygens (including phenoxy) is 1. The van der Waals surface area contributed by atoms with Gasteiger partial charge in [-0.2, -0.15) is 13.2 Å². The van der Waals surface area contributed by atoms with E-state index in [1.807, 2.05) is 6.92 Å². The van der Waals surface area contributed by atoms with E-state index in [1.165, 1.54) is 0 Å². The van der Waals surface area contributed by atoms with Gasteiger partial charge in [-0.1, -0.05) is 22.9 Å². The maximum atomic E-state index is 11.9. The van der Waals surface area contributed by atoms with Crippen LogP contribution in [0.3, 0.4) is 0 Å². The first-order valence-electron chi connectivity index (χ1n) is 3.62. The van der Waals surface area contributed by atoms with Gasteiger partial charge in [0.05, 0.1) is 6.61 Å². The van der Waals surface area contributed by atoms with Gasteiger partial charge in [0, 0.05) is 5.33 Å². The van der Waals surface area contributed by atoms with Gasteiger partial charge in [-0.15, -0.1) is 0 Å². The van der Waals surface area contributed by atoms with Crippen molar-refractivity contribution < 1.29 is 17.9 Å². The molecule has 0 amide bonds. The van der Waals surface area contributed by atoms with Gasteiger partial charge in [0.2, 0.25) is 0 Å². The molecule has 0 aromatic heterocycles. The summed E-state index contributed by atoms with van der Waals surface area (Å²) in [5.74, 6) is 0.106. The molecule has 0 aromatic rings. The zero-order valence-electron chi connectivity index (χ0n) is 6.99. The van der Waals surface area contributed by atoms with Gasteiger partial charge >= 0.3 is 6.18 Å². The third-order valence-electron chi connectivity index (χ3n) is 1.36. The maximum absolute atomic E-state index is 11.9. The number of hydrogen-bond donors (Lipinski definition) is 0. The van der Waals surface area contributed by atoms with Crippen LogP contribution in [0.2, 0.25) is 0 Å². The van der Waals surface area contributed by atoms with E-state index in [-0.39, 0.29) is 12.5 Å². The van der Waals surface area contributed by atoms with Crippen molar-refractivity contribution in [3.63, 3.8) is 0 Å². The molecule has 0 N–H and O–H groups in total. The van der Waals surface area contributed by atoms with Crippen LogP contribution in [0.4, 0.5) is 13.2 Å².